The second-order valence-corrected chi connectivity index (χ2v) is 5.13. The van der Waals surface area contributed by atoms with Crippen molar-refractivity contribution >= 4 is 39.1 Å². The summed E-state index contributed by atoms with van der Waals surface area (Å²) in [6.45, 7) is 0.457. The molecule has 1 N–H and O–H groups in total. The van der Waals surface area contributed by atoms with Gasteiger partial charge in [0.1, 0.15) is 0 Å². The van der Waals surface area contributed by atoms with Crippen molar-refractivity contribution in [3.05, 3.63) is 28.2 Å². The minimum Gasteiger partial charge on any atom is -0.380 e. The Balaban J connectivity index is 2.65. The van der Waals surface area contributed by atoms with Crippen LogP contribution in [0.25, 0.3) is 0 Å². The molecule has 0 atom stereocenters. The van der Waals surface area contributed by atoms with Crippen LogP contribution < -0.4 is 5.32 Å². The molecular formula is C13H17BrClNO2. The molecule has 5 heteroatoms. The highest BCUT2D eigenvalue weighted by molar-refractivity contribution is 9.10. The molecule has 0 fully saturated rings. The van der Waals surface area contributed by atoms with Gasteiger partial charge in [0.2, 0.25) is 5.91 Å². The number of alkyl halides is 1. The van der Waals surface area contributed by atoms with Gasteiger partial charge >= 0.3 is 0 Å². The first kappa shape index (κ1) is 15.5. The Morgan fingerprint density at radius 1 is 1.44 bits per heavy atom. The average molecular weight is 335 g/mol. The van der Waals surface area contributed by atoms with Crippen molar-refractivity contribution in [1.82, 2.24) is 0 Å². The van der Waals surface area contributed by atoms with Gasteiger partial charge in [-0.1, -0.05) is 22.0 Å². The van der Waals surface area contributed by atoms with Gasteiger partial charge in [-0.15, -0.1) is 11.6 Å². The molecule has 1 aromatic rings. The molecule has 0 heterocycles. The highest BCUT2D eigenvalue weighted by Gasteiger charge is 2.09. The number of methoxy groups -OCH3 is 1. The summed E-state index contributed by atoms with van der Waals surface area (Å²) in [6, 6.07) is 5.69. The highest BCUT2D eigenvalue weighted by Crippen LogP contribution is 2.25. The zero-order valence-corrected chi connectivity index (χ0v) is 12.7. The number of carbonyl (C=O) groups excluding carboxylic acids is 1. The highest BCUT2D eigenvalue weighted by atomic mass is 79.9. The molecule has 18 heavy (non-hydrogen) atoms. The number of rotatable bonds is 7. The van der Waals surface area contributed by atoms with E-state index in [1.54, 1.807) is 7.11 Å². The Kier molecular flexibility index (Phi) is 7.32. The lowest BCUT2D eigenvalue weighted by Gasteiger charge is -2.12. The lowest BCUT2D eigenvalue weighted by Crippen LogP contribution is -2.13. The number of ether oxygens (including phenoxy) is 1. The smallest absolute Gasteiger partial charge is 0.224 e. The predicted octanol–water partition coefficient (Wildman–Crippen LogP) is 3.94. The van der Waals surface area contributed by atoms with Gasteiger partial charge in [0.25, 0.3) is 0 Å². The Morgan fingerprint density at radius 3 is 2.89 bits per heavy atom. The Labute approximate surface area is 121 Å². The molecule has 0 radical (unpaired) electrons. The summed E-state index contributed by atoms with van der Waals surface area (Å²) in [5, 5.41) is 2.90. The molecule has 0 aromatic heterocycles. The summed E-state index contributed by atoms with van der Waals surface area (Å²) in [6.07, 6.45) is 2.16. The maximum atomic E-state index is 11.7. The van der Waals surface area contributed by atoms with Crippen LogP contribution in [0.1, 0.15) is 24.8 Å². The van der Waals surface area contributed by atoms with Crippen LogP contribution in [0, 0.1) is 0 Å². The van der Waals surface area contributed by atoms with Crippen molar-refractivity contribution in [1.29, 1.82) is 0 Å². The summed E-state index contributed by atoms with van der Waals surface area (Å²) in [4.78, 5) is 11.7. The molecule has 0 saturated heterocycles. The van der Waals surface area contributed by atoms with E-state index in [9.17, 15) is 4.79 Å². The SMILES string of the molecule is COCc1c(Br)cccc1NC(=O)CCCCCl. The van der Waals surface area contributed by atoms with Crippen molar-refractivity contribution in [2.45, 2.75) is 25.9 Å². The molecule has 1 amide bonds. The van der Waals surface area contributed by atoms with Crippen LogP contribution in [0.5, 0.6) is 0 Å². The van der Waals surface area contributed by atoms with Gasteiger partial charge in [0, 0.05) is 35.1 Å². The van der Waals surface area contributed by atoms with Crippen LogP contribution in [0.4, 0.5) is 5.69 Å². The number of anilines is 1. The van der Waals surface area contributed by atoms with Crippen molar-refractivity contribution in [3.63, 3.8) is 0 Å². The normalized spacial score (nSPS) is 10.4. The number of carbonyl (C=O) groups is 1. The first-order valence-corrected chi connectivity index (χ1v) is 7.14. The molecule has 1 aromatic carbocycles. The van der Waals surface area contributed by atoms with Crippen LogP contribution in [0.2, 0.25) is 0 Å². The van der Waals surface area contributed by atoms with Gasteiger partial charge < -0.3 is 10.1 Å². The lowest BCUT2D eigenvalue weighted by molar-refractivity contribution is -0.116. The van der Waals surface area contributed by atoms with E-state index in [0.717, 1.165) is 28.6 Å². The third-order valence-electron chi connectivity index (χ3n) is 2.47. The van der Waals surface area contributed by atoms with Gasteiger partial charge in [-0.25, -0.2) is 0 Å². The standard InChI is InChI=1S/C13H17BrClNO2/c1-18-9-10-11(14)5-4-6-12(10)16-13(17)7-2-3-8-15/h4-6H,2-3,7-9H2,1H3,(H,16,17). The minimum atomic E-state index is 0.00979. The van der Waals surface area contributed by atoms with Crippen molar-refractivity contribution in [3.8, 4) is 0 Å². The third-order valence-corrected chi connectivity index (χ3v) is 3.48. The first-order chi connectivity index (χ1) is 8.69. The average Bonchev–Trinajstić information content (AvgIpc) is 2.34. The zero-order chi connectivity index (χ0) is 13.4. The summed E-state index contributed by atoms with van der Waals surface area (Å²) >= 11 is 9.03. The van der Waals surface area contributed by atoms with Crippen LogP contribution >= 0.6 is 27.5 Å². The maximum Gasteiger partial charge on any atom is 0.224 e. The van der Waals surface area contributed by atoms with Crippen LogP contribution in [-0.2, 0) is 16.1 Å². The van der Waals surface area contributed by atoms with Gasteiger partial charge in [-0.05, 0) is 25.0 Å². The number of amides is 1. The molecule has 0 aliphatic carbocycles. The lowest BCUT2D eigenvalue weighted by atomic mass is 10.1. The fraction of sp³-hybridized carbons (Fsp3) is 0.462. The van der Waals surface area contributed by atoms with Crippen LogP contribution in [0.3, 0.4) is 0 Å². The van der Waals surface area contributed by atoms with E-state index in [-0.39, 0.29) is 5.91 Å². The molecule has 3 nitrogen and oxygen atoms in total. The second kappa shape index (κ2) is 8.51. The number of benzene rings is 1. The molecule has 0 saturated carbocycles. The first-order valence-electron chi connectivity index (χ1n) is 5.81. The molecule has 0 unspecified atom stereocenters. The number of hydrogen-bond acceptors (Lipinski definition) is 2. The van der Waals surface area contributed by atoms with E-state index in [1.165, 1.54) is 0 Å². The van der Waals surface area contributed by atoms with E-state index in [4.69, 9.17) is 16.3 Å². The minimum absolute atomic E-state index is 0.00979. The van der Waals surface area contributed by atoms with Crippen LogP contribution in [0.15, 0.2) is 22.7 Å². The van der Waals surface area contributed by atoms with Gasteiger partial charge in [0.05, 0.1) is 6.61 Å². The largest absolute Gasteiger partial charge is 0.380 e. The summed E-state index contributed by atoms with van der Waals surface area (Å²) in [5.74, 6) is 0.606. The molecule has 0 aliphatic heterocycles. The summed E-state index contributed by atoms with van der Waals surface area (Å²) in [5.41, 5.74) is 1.74. The number of hydrogen-bond donors (Lipinski definition) is 1. The maximum absolute atomic E-state index is 11.7. The number of halogens is 2. The molecular weight excluding hydrogens is 318 g/mol. The molecule has 1 rings (SSSR count). The Hall–Kier alpha value is -0.580. The Morgan fingerprint density at radius 2 is 2.22 bits per heavy atom. The summed E-state index contributed by atoms with van der Waals surface area (Å²) < 4.78 is 6.06. The topological polar surface area (TPSA) is 38.3 Å². The van der Waals surface area contributed by atoms with Crippen molar-refractivity contribution < 1.29 is 9.53 Å². The van der Waals surface area contributed by atoms with Gasteiger partial charge in [-0.2, -0.15) is 0 Å². The molecule has 0 bridgehead atoms. The van der Waals surface area contributed by atoms with E-state index in [2.05, 4.69) is 21.2 Å². The number of nitrogens with one attached hydrogen (secondary N) is 1. The van der Waals surface area contributed by atoms with Crippen molar-refractivity contribution in [2.75, 3.05) is 18.3 Å². The van der Waals surface area contributed by atoms with Crippen LogP contribution in [-0.4, -0.2) is 18.9 Å². The predicted molar refractivity (Wildman–Crippen MR) is 78.1 cm³/mol. The van der Waals surface area contributed by atoms with Gasteiger partial charge in [-0.3, -0.25) is 4.79 Å². The van der Waals surface area contributed by atoms with Crippen molar-refractivity contribution in [2.24, 2.45) is 0 Å². The van der Waals surface area contributed by atoms with E-state index < -0.39 is 0 Å². The van der Waals surface area contributed by atoms with E-state index in [1.807, 2.05) is 18.2 Å². The Bertz CT molecular complexity index is 399. The molecule has 0 aliphatic rings. The monoisotopic (exact) mass is 333 g/mol. The fourth-order valence-electron chi connectivity index (χ4n) is 1.56. The van der Waals surface area contributed by atoms with Gasteiger partial charge in [0.15, 0.2) is 0 Å². The number of unbranched alkanes of at least 4 members (excludes halogenated alkanes) is 1. The molecule has 100 valence electrons. The van der Waals surface area contributed by atoms with E-state index >= 15 is 0 Å². The molecule has 0 spiro atoms. The zero-order valence-electron chi connectivity index (χ0n) is 10.3. The second-order valence-electron chi connectivity index (χ2n) is 3.89. The fourth-order valence-corrected chi connectivity index (χ4v) is 2.23. The summed E-state index contributed by atoms with van der Waals surface area (Å²) in [7, 11) is 1.63. The van der Waals surface area contributed by atoms with E-state index in [0.29, 0.717) is 18.9 Å². The third kappa shape index (κ3) is 4.96. The quantitative estimate of drug-likeness (QED) is 0.606.